The number of hydrogen-bond acceptors (Lipinski definition) is 3. The topological polar surface area (TPSA) is 43.9 Å². The molecule has 0 bridgehead atoms. The van der Waals surface area contributed by atoms with Crippen molar-refractivity contribution in [1.82, 2.24) is 14.7 Å². The maximum absolute atomic E-state index is 13.4. The second-order valence-electron chi connectivity index (χ2n) is 8.27. The Morgan fingerprint density at radius 2 is 1.48 bits per heavy atom. The molecule has 3 rings (SSSR count). The van der Waals surface area contributed by atoms with E-state index in [9.17, 15) is 9.59 Å². The molecule has 1 atom stereocenters. The van der Waals surface area contributed by atoms with Gasteiger partial charge in [0.15, 0.2) is 0 Å². The van der Waals surface area contributed by atoms with Crippen molar-refractivity contribution in [2.24, 2.45) is 11.8 Å². The molecule has 0 spiro atoms. The van der Waals surface area contributed by atoms with Crippen LogP contribution in [0.1, 0.15) is 58.8 Å². The molecule has 25 heavy (non-hydrogen) atoms. The van der Waals surface area contributed by atoms with Crippen LogP contribution in [0.25, 0.3) is 0 Å². The van der Waals surface area contributed by atoms with Gasteiger partial charge in [0.1, 0.15) is 0 Å². The van der Waals surface area contributed by atoms with Crippen molar-refractivity contribution in [3.05, 3.63) is 0 Å². The summed E-state index contributed by atoms with van der Waals surface area (Å²) in [5, 5.41) is 0. The fraction of sp³-hybridized carbons (Fsp3) is 0.900. The second kappa shape index (κ2) is 8.52. The molecule has 0 radical (unpaired) electrons. The van der Waals surface area contributed by atoms with Crippen molar-refractivity contribution in [3.63, 3.8) is 0 Å². The summed E-state index contributed by atoms with van der Waals surface area (Å²) < 4.78 is 0. The molecule has 3 fully saturated rings. The molecular weight excluding hydrogens is 314 g/mol. The Labute approximate surface area is 152 Å². The van der Waals surface area contributed by atoms with Gasteiger partial charge in [0.05, 0.1) is 6.04 Å². The van der Waals surface area contributed by atoms with Gasteiger partial charge in [0, 0.05) is 45.7 Å². The molecule has 0 aromatic heterocycles. The molecule has 2 saturated heterocycles. The largest absolute Gasteiger partial charge is 0.341 e. The first kappa shape index (κ1) is 18.7. The van der Waals surface area contributed by atoms with E-state index in [0.717, 1.165) is 58.0 Å². The van der Waals surface area contributed by atoms with Crippen molar-refractivity contribution in [3.8, 4) is 0 Å². The summed E-state index contributed by atoms with van der Waals surface area (Å²) in [6, 6.07) is 0.0507. The summed E-state index contributed by atoms with van der Waals surface area (Å²) in [6.07, 6.45) is 7.77. The fourth-order valence-corrected chi connectivity index (χ4v) is 4.82. The van der Waals surface area contributed by atoms with Crippen molar-refractivity contribution in [2.75, 3.05) is 39.3 Å². The minimum absolute atomic E-state index is 0.0507. The first-order valence-electron chi connectivity index (χ1n) is 10.4. The van der Waals surface area contributed by atoms with Gasteiger partial charge in [-0.1, -0.05) is 26.7 Å². The summed E-state index contributed by atoms with van der Waals surface area (Å²) in [4.78, 5) is 31.8. The lowest BCUT2D eigenvalue weighted by Gasteiger charge is -2.43. The van der Waals surface area contributed by atoms with Gasteiger partial charge in [-0.2, -0.15) is 0 Å². The van der Waals surface area contributed by atoms with Gasteiger partial charge in [-0.25, -0.2) is 0 Å². The molecule has 142 valence electrons. The zero-order chi connectivity index (χ0) is 17.8. The predicted molar refractivity (Wildman–Crippen MR) is 99.2 cm³/mol. The number of hydrogen-bond donors (Lipinski definition) is 0. The van der Waals surface area contributed by atoms with Gasteiger partial charge in [0.2, 0.25) is 11.8 Å². The van der Waals surface area contributed by atoms with Crippen LogP contribution < -0.4 is 0 Å². The van der Waals surface area contributed by atoms with E-state index in [1.54, 1.807) is 0 Å². The molecule has 1 unspecified atom stereocenters. The Kier molecular flexibility index (Phi) is 6.37. The van der Waals surface area contributed by atoms with Gasteiger partial charge < -0.3 is 9.80 Å². The van der Waals surface area contributed by atoms with Crippen LogP contribution in [0.15, 0.2) is 0 Å². The Hall–Kier alpha value is -1.10. The maximum atomic E-state index is 13.4. The lowest BCUT2D eigenvalue weighted by molar-refractivity contribution is -0.142. The maximum Gasteiger partial charge on any atom is 0.240 e. The van der Waals surface area contributed by atoms with Crippen LogP contribution in [0.2, 0.25) is 0 Å². The van der Waals surface area contributed by atoms with E-state index < -0.39 is 0 Å². The average molecular weight is 350 g/mol. The second-order valence-corrected chi connectivity index (χ2v) is 8.27. The molecule has 3 aliphatic rings. The predicted octanol–water partition coefficient (Wildman–Crippen LogP) is 2.36. The average Bonchev–Trinajstić information content (AvgIpc) is 3.16. The number of carbonyl (C=O) groups is 2. The zero-order valence-electron chi connectivity index (χ0n) is 16.1. The lowest BCUT2D eigenvalue weighted by Crippen LogP contribution is -2.59. The summed E-state index contributed by atoms with van der Waals surface area (Å²) in [7, 11) is 0. The van der Waals surface area contributed by atoms with Crippen LogP contribution in [0, 0.1) is 11.8 Å². The Morgan fingerprint density at radius 1 is 0.880 bits per heavy atom. The third-order valence-electron chi connectivity index (χ3n) is 6.56. The standard InChI is InChI=1S/C20H35N3O2/c1-3-18(24)21-12-14-22(15-13-21)19(17-6-4-5-7-17)20(25)23-10-8-16(2)9-11-23/h16-17,19H,3-15H2,1-2H3. The highest BCUT2D eigenvalue weighted by atomic mass is 16.2. The first-order chi connectivity index (χ1) is 12.1. The smallest absolute Gasteiger partial charge is 0.240 e. The minimum atomic E-state index is 0.0507. The van der Waals surface area contributed by atoms with Crippen LogP contribution in [0.3, 0.4) is 0 Å². The zero-order valence-corrected chi connectivity index (χ0v) is 16.1. The molecular formula is C20H35N3O2. The highest BCUT2D eigenvalue weighted by molar-refractivity contribution is 5.82. The van der Waals surface area contributed by atoms with Crippen molar-refractivity contribution in [1.29, 1.82) is 0 Å². The number of nitrogens with zero attached hydrogens (tertiary/aromatic N) is 3. The molecule has 1 aliphatic carbocycles. The van der Waals surface area contributed by atoms with Gasteiger partial charge in [-0.3, -0.25) is 14.5 Å². The molecule has 2 amide bonds. The van der Waals surface area contributed by atoms with E-state index in [0.29, 0.717) is 18.2 Å². The van der Waals surface area contributed by atoms with Crippen LogP contribution in [0.5, 0.6) is 0 Å². The van der Waals surface area contributed by atoms with Crippen LogP contribution in [0.4, 0.5) is 0 Å². The molecule has 1 saturated carbocycles. The number of piperidine rings is 1. The van der Waals surface area contributed by atoms with E-state index in [1.165, 1.54) is 25.7 Å². The van der Waals surface area contributed by atoms with Gasteiger partial charge in [-0.05, 0) is 37.5 Å². The SMILES string of the molecule is CCC(=O)N1CCN(C(C(=O)N2CCC(C)CC2)C2CCCC2)CC1. The van der Waals surface area contributed by atoms with E-state index in [4.69, 9.17) is 0 Å². The van der Waals surface area contributed by atoms with Gasteiger partial charge in [-0.15, -0.1) is 0 Å². The quantitative estimate of drug-likeness (QED) is 0.783. The van der Waals surface area contributed by atoms with Crippen molar-refractivity contribution in [2.45, 2.75) is 64.8 Å². The van der Waals surface area contributed by atoms with Crippen LogP contribution in [-0.4, -0.2) is 71.8 Å². The number of likely N-dealkylation sites (tertiary alicyclic amines) is 1. The number of amides is 2. The normalized spacial score (nSPS) is 25.4. The first-order valence-corrected chi connectivity index (χ1v) is 10.4. The molecule has 0 aromatic carbocycles. The van der Waals surface area contributed by atoms with Gasteiger partial charge >= 0.3 is 0 Å². The molecule has 0 N–H and O–H groups in total. The fourth-order valence-electron chi connectivity index (χ4n) is 4.82. The third kappa shape index (κ3) is 4.36. The van der Waals surface area contributed by atoms with Crippen LogP contribution >= 0.6 is 0 Å². The Bertz CT molecular complexity index is 460. The minimum Gasteiger partial charge on any atom is -0.341 e. The molecule has 5 heteroatoms. The highest BCUT2D eigenvalue weighted by Crippen LogP contribution is 2.32. The lowest BCUT2D eigenvalue weighted by atomic mass is 9.92. The molecule has 0 aromatic rings. The summed E-state index contributed by atoms with van der Waals surface area (Å²) >= 11 is 0. The number of piperazine rings is 1. The summed E-state index contributed by atoms with van der Waals surface area (Å²) in [6.45, 7) is 9.33. The van der Waals surface area contributed by atoms with Crippen molar-refractivity contribution >= 4 is 11.8 Å². The van der Waals surface area contributed by atoms with E-state index in [-0.39, 0.29) is 11.9 Å². The Morgan fingerprint density at radius 3 is 2.04 bits per heavy atom. The summed E-state index contributed by atoms with van der Waals surface area (Å²) in [5.74, 6) is 1.88. The molecule has 2 heterocycles. The third-order valence-corrected chi connectivity index (χ3v) is 6.56. The van der Waals surface area contributed by atoms with E-state index in [1.807, 2.05) is 11.8 Å². The van der Waals surface area contributed by atoms with E-state index >= 15 is 0 Å². The van der Waals surface area contributed by atoms with Crippen molar-refractivity contribution < 1.29 is 9.59 Å². The summed E-state index contributed by atoms with van der Waals surface area (Å²) in [5.41, 5.74) is 0. The Balaban J connectivity index is 1.66. The molecule has 5 nitrogen and oxygen atoms in total. The van der Waals surface area contributed by atoms with Gasteiger partial charge in [0.25, 0.3) is 0 Å². The number of carbonyl (C=O) groups excluding carboxylic acids is 2. The number of rotatable bonds is 4. The van der Waals surface area contributed by atoms with Crippen LogP contribution in [-0.2, 0) is 9.59 Å². The highest BCUT2D eigenvalue weighted by Gasteiger charge is 2.39. The molecule has 2 aliphatic heterocycles. The van der Waals surface area contributed by atoms with E-state index in [2.05, 4.69) is 16.7 Å². The monoisotopic (exact) mass is 349 g/mol.